The van der Waals surface area contributed by atoms with Gasteiger partial charge in [0, 0.05) is 36.2 Å². The van der Waals surface area contributed by atoms with Crippen LogP contribution in [-0.4, -0.2) is 60.1 Å². The number of nitrogens with zero attached hydrogens (tertiary/aromatic N) is 1. The Hall–Kier alpha value is -0.340. The highest BCUT2D eigenvalue weighted by molar-refractivity contribution is 8.00. The van der Waals surface area contributed by atoms with Gasteiger partial charge in [-0.1, -0.05) is 0 Å². The Morgan fingerprint density at radius 2 is 1.83 bits per heavy atom. The van der Waals surface area contributed by atoms with E-state index in [2.05, 4.69) is 29.4 Å². The van der Waals surface area contributed by atoms with E-state index in [1.807, 2.05) is 11.8 Å². The predicted molar refractivity (Wildman–Crippen MR) is 121 cm³/mol. The van der Waals surface area contributed by atoms with Crippen molar-refractivity contribution in [1.82, 2.24) is 15.5 Å². The first-order valence-corrected chi connectivity index (χ1v) is 13.2. The number of rotatable bonds is 6. The van der Waals surface area contributed by atoms with Crippen LogP contribution in [0.2, 0.25) is 0 Å². The number of carbonyl (C=O) groups is 1. The van der Waals surface area contributed by atoms with E-state index in [4.69, 9.17) is 10.5 Å². The quantitative estimate of drug-likeness (QED) is 0.552. The zero-order chi connectivity index (χ0) is 20.9. The topological polar surface area (TPSA) is 79.6 Å². The van der Waals surface area contributed by atoms with Gasteiger partial charge in [0.1, 0.15) is 0 Å². The first-order chi connectivity index (χ1) is 14.4. The lowest BCUT2D eigenvalue weighted by Crippen LogP contribution is -2.63. The van der Waals surface area contributed by atoms with Crippen molar-refractivity contribution in [3.63, 3.8) is 0 Å². The Labute approximate surface area is 185 Å². The maximum atomic E-state index is 13.1. The summed E-state index contributed by atoms with van der Waals surface area (Å²) < 4.78 is 5.94. The van der Waals surface area contributed by atoms with Crippen molar-refractivity contribution in [1.29, 1.82) is 0 Å². The first kappa shape index (κ1) is 21.5. The van der Waals surface area contributed by atoms with E-state index in [0.717, 1.165) is 62.4 Å². The average molecular weight is 437 g/mol. The van der Waals surface area contributed by atoms with E-state index < -0.39 is 0 Å². The van der Waals surface area contributed by atoms with Crippen LogP contribution in [0.25, 0.3) is 0 Å². The fourth-order valence-corrected chi connectivity index (χ4v) is 8.86. The van der Waals surface area contributed by atoms with Crippen molar-refractivity contribution in [3.8, 4) is 0 Å². The van der Waals surface area contributed by atoms with Gasteiger partial charge < -0.3 is 15.8 Å². The van der Waals surface area contributed by atoms with Gasteiger partial charge in [0.05, 0.1) is 24.4 Å². The lowest BCUT2D eigenvalue weighted by atomic mass is 9.49. The summed E-state index contributed by atoms with van der Waals surface area (Å²) in [5.41, 5.74) is 6.20. The SMILES string of the molecule is CC1NCC(CN2CSC(CCOC(=O)C34CC5CC(CC(C5)C3)C4)C2C)C(N)N1. The normalized spacial score (nSPS) is 48.2. The molecule has 0 amide bonds. The van der Waals surface area contributed by atoms with Gasteiger partial charge in [0.15, 0.2) is 0 Å². The third kappa shape index (κ3) is 4.17. The molecule has 0 aromatic carbocycles. The molecule has 5 unspecified atom stereocenters. The molecule has 4 bridgehead atoms. The fraction of sp³-hybridized carbons (Fsp3) is 0.957. The summed E-state index contributed by atoms with van der Waals surface area (Å²) in [4.78, 5) is 15.6. The summed E-state index contributed by atoms with van der Waals surface area (Å²) >= 11 is 2.01. The number of carbonyl (C=O) groups excluding carboxylic acids is 1. The van der Waals surface area contributed by atoms with Crippen molar-refractivity contribution >= 4 is 17.7 Å². The van der Waals surface area contributed by atoms with Gasteiger partial charge in [-0.25, -0.2) is 0 Å². The molecule has 0 aromatic heterocycles. The highest BCUT2D eigenvalue weighted by Gasteiger charge is 2.55. The highest BCUT2D eigenvalue weighted by Crippen LogP contribution is 2.60. The maximum absolute atomic E-state index is 13.1. The molecule has 6 aliphatic rings. The van der Waals surface area contributed by atoms with Crippen LogP contribution in [0, 0.1) is 29.1 Å². The number of nitrogens with one attached hydrogen (secondary N) is 2. The largest absolute Gasteiger partial charge is 0.465 e. The second kappa shape index (κ2) is 8.54. The first-order valence-electron chi connectivity index (χ1n) is 12.2. The average Bonchev–Trinajstić information content (AvgIpc) is 3.02. The second-order valence-corrected chi connectivity index (χ2v) is 12.2. The van der Waals surface area contributed by atoms with E-state index in [0.29, 0.717) is 23.8 Å². The Kier molecular flexibility index (Phi) is 6.12. The van der Waals surface area contributed by atoms with Gasteiger partial charge in [-0.2, -0.15) is 0 Å². The Morgan fingerprint density at radius 3 is 2.47 bits per heavy atom. The molecule has 2 aliphatic heterocycles. The van der Waals surface area contributed by atoms with Gasteiger partial charge in [-0.3, -0.25) is 15.0 Å². The predicted octanol–water partition coefficient (Wildman–Crippen LogP) is 2.34. The Bertz CT molecular complexity index is 611. The van der Waals surface area contributed by atoms with Gasteiger partial charge in [0.2, 0.25) is 0 Å². The van der Waals surface area contributed by atoms with Gasteiger partial charge >= 0.3 is 5.97 Å². The molecular formula is C23H40N4O2S. The lowest BCUT2D eigenvalue weighted by Gasteiger charge is -2.55. The summed E-state index contributed by atoms with van der Waals surface area (Å²) in [5, 5.41) is 7.42. The molecule has 0 aromatic rings. The summed E-state index contributed by atoms with van der Waals surface area (Å²) in [6.45, 7) is 7.01. The third-order valence-corrected chi connectivity index (χ3v) is 10.3. The summed E-state index contributed by atoms with van der Waals surface area (Å²) in [7, 11) is 0. The molecule has 170 valence electrons. The molecule has 6 fully saturated rings. The summed E-state index contributed by atoms with van der Waals surface area (Å²) in [6, 6.07) is 0.500. The number of hydrogen-bond donors (Lipinski definition) is 3. The molecule has 6 nitrogen and oxygen atoms in total. The molecule has 4 saturated carbocycles. The van der Waals surface area contributed by atoms with Crippen LogP contribution in [0.1, 0.15) is 58.8 Å². The number of nitrogens with two attached hydrogens (primary N) is 1. The zero-order valence-electron chi connectivity index (χ0n) is 18.6. The van der Waals surface area contributed by atoms with Crippen molar-refractivity contribution in [2.75, 3.05) is 25.6 Å². The monoisotopic (exact) mass is 436 g/mol. The van der Waals surface area contributed by atoms with Crippen molar-refractivity contribution < 1.29 is 9.53 Å². The van der Waals surface area contributed by atoms with Crippen LogP contribution >= 0.6 is 11.8 Å². The van der Waals surface area contributed by atoms with Crippen LogP contribution in [0.5, 0.6) is 0 Å². The molecule has 5 atom stereocenters. The minimum Gasteiger partial charge on any atom is -0.465 e. The van der Waals surface area contributed by atoms with Gasteiger partial charge in [0.25, 0.3) is 0 Å². The van der Waals surface area contributed by atoms with Crippen LogP contribution in [0.3, 0.4) is 0 Å². The molecule has 2 heterocycles. The molecule has 4 aliphatic carbocycles. The summed E-state index contributed by atoms with van der Waals surface area (Å²) in [6.07, 6.45) is 8.71. The van der Waals surface area contributed by atoms with Crippen LogP contribution in [0.4, 0.5) is 0 Å². The molecule has 2 saturated heterocycles. The van der Waals surface area contributed by atoms with Crippen LogP contribution in [-0.2, 0) is 9.53 Å². The van der Waals surface area contributed by atoms with Gasteiger partial charge in [-0.05, 0) is 76.5 Å². The third-order valence-electron chi connectivity index (χ3n) is 8.78. The lowest BCUT2D eigenvalue weighted by molar-refractivity contribution is -0.171. The molecule has 6 rings (SSSR count). The van der Waals surface area contributed by atoms with E-state index in [1.165, 1.54) is 19.3 Å². The molecule has 30 heavy (non-hydrogen) atoms. The smallest absolute Gasteiger partial charge is 0.312 e. The highest BCUT2D eigenvalue weighted by atomic mass is 32.2. The van der Waals surface area contributed by atoms with E-state index in [-0.39, 0.29) is 23.7 Å². The van der Waals surface area contributed by atoms with Crippen LogP contribution in [0.15, 0.2) is 0 Å². The van der Waals surface area contributed by atoms with Gasteiger partial charge in [-0.15, -0.1) is 11.8 Å². The van der Waals surface area contributed by atoms with Crippen LogP contribution < -0.4 is 16.4 Å². The minimum absolute atomic E-state index is 0.0544. The number of thioether (sulfide) groups is 1. The Balaban J connectivity index is 1.08. The standard InChI is InChI=1S/C23H40N4O2S/c1-14-20(30-13-27(14)12-19-11-25-15(2)26-21(19)24)3-4-29-22(28)23-8-16-5-17(9-23)7-18(6-16)10-23/h14-21,25-26H,3-13,24H2,1-2H3. The number of ether oxygens (including phenoxy) is 1. The van der Waals surface area contributed by atoms with Crippen molar-refractivity contribution in [2.45, 2.75) is 82.4 Å². The van der Waals surface area contributed by atoms with E-state index in [1.54, 1.807) is 0 Å². The minimum atomic E-state index is -0.122. The fourth-order valence-electron chi connectivity index (χ4n) is 7.43. The Morgan fingerprint density at radius 1 is 1.17 bits per heavy atom. The van der Waals surface area contributed by atoms with Crippen molar-refractivity contribution in [2.24, 2.45) is 34.8 Å². The maximum Gasteiger partial charge on any atom is 0.312 e. The van der Waals surface area contributed by atoms with Crippen molar-refractivity contribution in [3.05, 3.63) is 0 Å². The molecule has 7 heteroatoms. The van der Waals surface area contributed by atoms with E-state index >= 15 is 0 Å². The summed E-state index contributed by atoms with van der Waals surface area (Å²) in [5.74, 6) is 3.99. The number of esters is 1. The molecule has 4 N–H and O–H groups in total. The zero-order valence-corrected chi connectivity index (χ0v) is 19.5. The molecule has 0 radical (unpaired) electrons. The van der Waals surface area contributed by atoms with E-state index in [9.17, 15) is 4.79 Å². The molecular weight excluding hydrogens is 396 g/mol. The number of hydrogen-bond acceptors (Lipinski definition) is 7. The molecule has 0 spiro atoms. The second-order valence-electron chi connectivity index (χ2n) is 11.1.